The zero-order chi connectivity index (χ0) is 15.4. The van der Waals surface area contributed by atoms with Gasteiger partial charge in [-0.3, -0.25) is 4.79 Å². The SMILES string of the molecule is CCNc1cc(N2CCCC2C(=O)NC)nc(C(C)C)n1. The second kappa shape index (κ2) is 6.74. The van der Waals surface area contributed by atoms with Gasteiger partial charge in [-0.15, -0.1) is 0 Å². The van der Waals surface area contributed by atoms with Gasteiger partial charge in [-0.25, -0.2) is 9.97 Å². The van der Waals surface area contributed by atoms with Crippen LogP contribution in [-0.4, -0.2) is 42.1 Å². The van der Waals surface area contributed by atoms with Gasteiger partial charge >= 0.3 is 0 Å². The Bertz CT molecular complexity index is 503. The molecule has 1 atom stereocenters. The minimum atomic E-state index is -0.126. The molecule has 0 saturated carbocycles. The van der Waals surface area contributed by atoms with E-state index >= 15 is 0 Å². The lowest BCUT2D eigenvalue weighted by Crippen LogP contribution is -2.42. The van der Waals surface area contributed by atoms with Crippen LogP contribution in [-0.2, 0) is 4.79 Å². The Kier molecular flexibility index (Phi) is 4.98. The summed E-state index contributed by atoms with van der Waals surface area (Å²) in [6.45, 7) is 7.87. The molecule has 6 heteroatoms. The molecule has 1 saturated heterocycles. The van der Waals surface area contributed by atoms with Gasteiger partial charge in [0.05, 0.1) is 0 Å². The van der Waals surface area contributed by atoms with E-state index in [1.807, 2.05) is 13.0 Å². The molecule has 0 bridgehead atoms. The molecule has 1 aromatic rings. The molecule has 0 aliphatic carbocycles. The number of anilines is 2. The molecular formula is C15H25N5O. The van der Waals surface area contributed by atoms with Crippen molar-refractivity contribution in [2.75, 3.05) is 30.4 Å². The zero-order valence-electron chi connectivity index (χ0n) is 13.3. The van der Waals surface area contributed by atoms with Gasteiger partial charge in [0.1, 0.15) is 23.5 Å². The van der Waals surface area contributed by atoms with Gasteiger partial charge in [0, 0.05) is 32.1 Å². The monoisotopic (exact) mass is 291 g/mol. The first-order valence-corrected chi connectivity index (χ1v) is 7.67. The van der Waals surface area contributed by atoms with E-state index in [9.17, 15) is 4.79 Å². The standard InChI is InChI=1S/C15H25N5O/c1-5-17-12-9-13(19-14(18-12)10(2)3)20-8-6-7-11(20)15(21)16-4/h9-11H,5-8H2,1-4H3,(H,16,21)(H,17,18,19). The third-order valence-electron chi connectivity index (χ3n) is 3.70. The summed E-state index contributed by atoms with van der Waals surface area (Å²) < 4.78 is 0. The van der Waals surface area contributed by atoms with Gasteiger partial charge in [0.15, 0.2) is 0 Å². The van der Waals surface area contributed by atoms with Gasteiger partial charge in [0.2, 0.25) is 5.91 Å². The Morgan fingerprint density at radius 2 is 2.24 bits per heavy atom. The van der Waals surface area contributed by atoms with Crippen LogP contribution in [0.25, 0.3) is 0 Å². The summed E-state index contributed by atoms with van der Waals surface area (Å²) in [5.41, 5.74) is 0. The summed E-state index contributed by atoms with van der Waals surface area (Å²) >= 11 is 0. The first kappa shape index (κ1) is 15.5. The fourth-order valence-corrected chi connectivity index (χ4v) is 2.61. The Labute approximate surface area is 126 Å². The molecule has 1 aliphatic heterocycles. The van der Waals surface area contributed by atoms with Crippen LogP contribution in [0.5, 0.6) is 0 Å². The summed E-state index contributed by atoms with van der Waals surface area (Å²) in [6.07, 6.45) is 1.88. The average molecular weight is 291 g/mol. The van der Waals surface area contributed by atoms with Crippen molar-refractivity contribution >= 4 is 17.5 Å². The molecule has 2 N–H and O–H groups in total. The predicted molar refractivity (Wildman–Crippen MR) is 84.7 cm³/mol. The maximum absolute atomic E-state index is 12.0. The number of nitrogens with zero attached hydrogens (tertiary/aromatic N) is 3. The van der Waals surface area contributed by atoms with Crippen LogP contribution < -0.4 is 15.5 Å². The summed E-state index contributed by atoms with van der Waals surface area (Å²) in [4.78, 5) is 23.3. The second-order valence-corrected chi connectivity index (χ2v) is 5.62. The van der Waals surface area contributed by atoms with Crippen molar-refractivity contribution in [1.82, 2.24) is 15.3 Å². The highest BCUT2D eigenvalue weighted by atomic mass is 16.2. The third-order valence-corrected chi connectivity index (χ3v) is 3.70. The van der Waals surface area contributed by atoms with Crippen molar-refractivity contribution in [3.63, 3.8) is 0 Å². The molecule has 1 amide bonds. The minimum Gasteiger partial charge on any atom is -0.370 e. The van der Waals surface area contributed by atoms with Gasteiger partial charge in [-0.1, -0.05) is 13.8 Å². The number of hydrogen-bond acceptors (Lipinski definition) is 5. The van der Waals surface area contributed by atoms with E-state index in [2.05, 4.69) is 39.3 Å². The Morgan fingerprint density at radius 3 is 2.86 bits per heavy atom. The van der Waals surface area contributed by atoms with E-state index in [1.165, 1.54) is 0 Å². The number of carbonyl (C=O) groups excluding carboxylic acids is 1. The molecule has 1 fully saturated rings. The fraction of sp³-hybridized carbons (Fsp3) is 0.667. The molecule has 2 rings (SSSR count). The molecule has 0 radical (unpaired) electrons. The van der Waals surface area contributed by atoms with Crippen molar-refractivity contribution in [1.29, 1.82) is 0 Å². The van der Waals surface area contributed by atoms with Gasteiger partial charge in [0.25, 0.3) is 0 Å². The number of nitrogens with one attached hydrogen (secondary N) is 2. The minimum absolute atomic E-state index is 0.0576. The van der Waals surface area contributed by atoms with Crippen molar-refractivity contribution in [3.05, 3.63) is 11.9 Å². The van der Waals surface area contributed by atoms with E-state index in [-0.39, 0.29) is 17.9 Å². The van der Waals surface area contributed by atoms with Gasteiger partial charge < -0.3 is 15.5 Å². The van der Waals surface area contributed by atoms with E-state index in [1.54, 1.807) is 7.05 Å². The molecule has 1 unspecified atom stereocenters. The normalized spacial score (nSPS) is 18.1. The highest BCUT2D eigenvalue weighted by molar-refractivity contribution is 5.85. The van der Waals surface area contributed by atoms with Gasteiger partial charge in [-0.2, -0.15) is 0 Å². The Balaban J connectivity index is 2.35. The van der Waals surface area contributed by atoms with Crippen LogP contribution in [0.1, 0.15) is 45.4 Å². The molecule has 2 heterocycles. The van der Waals surface area contributed by atoms with Crippen LogP contribution in [0.2, 0.25) is 0 Å². The molecule has 0 spiro atoms. The quantitative estimate of drug-likeness (QED) is 0.865. The summed E-state index contributed by atoms with van der Waals surface area (Å²) in [7, 11) is 1.68. The molecule has 6 nitrogen and oxygen atoms in total. The number of amides is 1. The van der Waals surface area contributed by atoms with Crippen molar-refractivity contribution < 1.29 is 4.79 Å². The molecule has 21 heavy (non-hydrogen) atoms. The Morgan fingerprint density at radius 1 is 1.48 bits per heavy atom. The van der Waals surface area contributed by atoms with Crippen molar-refractivity contribution in [3.8, 4) is 0 Å². The van der Waals surface area contributed by atoms with Crippen LogP contribution in [0.4, 0.5) is 11.6 Å². The molecule has 0 aromatic carbocycles. The molecule has 1 aromatic heterocycles. The topological polar surface area (TPSA) is 70.2 Å². The number of hydrogen-bond donors (Lipinski definition) is 2. The lowest BCUT2D eigenvalue weighted by atomic mass is 10.2. The third kappa shape index (κ3) is 3.43. The summed E-state index contributed by atoms with van der Waals surface area (Å²) in [5, 5.41) is 5.99. The maximum Gasteiger partial charge on any atom is 0.242 e. The Hall–Kier alpha value is -1.85. The van der Waals surface area contributed by atoms with Crippen molar-refractivity contribution in [2.24, 2.45) is 0 Å². The maximum atomic E-state index is 12.0. The fourth-order valence-electron chi connectivity index (χ4n) is 2.61. The summed E-state index contributed by atoms with van der Waals surface area (Å²) in [5.74, 6) is 2.79. The highest BCUT2D eigenvalue weighted by Gasteiger charge is 2.31. The first-order valence-electron chi connectivity index (χ1n) is 7.67. The number of carbonyl (C=O) groups is 1. The van der Waals surface area contributed by atoms with Crippen LogP contribution in [0.15, 0.2) is 6.07 Å². The van der Waals surface area contributed by atoms with Crippen LogP contribution in [0.3, 0.4) is 0 Å². The lowest BCUT2D eigenvalue weighted by Gasteiger charge is -2.25. The van der Waals surface area contributed by atoms with Crippen LogP contribution >= 0.6 is 0 Å². The number of rotatable bonds is 5. The number of likely N-dealkylation sites (N-methyl/N-ethyl adjacent to an activating group) is 1. The average Bonchev–Trinajstić information content (AvgIpc) is 2.95. The lowest BCUT2D eigenvalue weighted by molar-refractivity contribution is -0.121. The van der Waals surface area contributed by atoms with Crippen molar-refractivity contribution in [2.45, 2.75) is 45.6 Å². The van der Waals surface area contributed by atoms with E-state index in [0.717, 1.165) is 43.4 Å². The summed E-state index contributed by atoms with van der Waals surface area (Å²) in [6, 6.07) is 1.82. The largest absolute Gasteiger partial charge is 0.370 e. The molecular weight excluding hydrogens is 266 g/mol. The zero-order valence-corrected chi connectivity index (χ0v) is 13.3. The smallest absolute Gasteiger partial charge is 0.242 e. The van der Waals surface area contributed by atoms with Crippen LogP contribution in [0, 0.1) is 0 Å². The van der Waals surface area contributed by atoms with E-state index < -0.39 is 0 Å². The first-order chi connectivity index (χ1) is 10.1. The molecule has 1 aliphatic rings. The van der Waals surface area contributed by atoms with E-state index in [4.69, 9.17) is 0 Å². The second-order valence-electron chi connectivity index (χ2n) is 5.62. The van der Waals surface area contributed by atoms with E-state index in [0.29, 0.717) is 0 Å². The molecule has 116 valence electrons. The highest BCUT2D eigenvalue weighted by Crippen LogP contribution is 2.27. The number of aromatic nitrogens is 2. The van der Waals surface area contributed by atoms with Gasteiger partial charge in [-0.05, 0) is 19.8 Å². The predicted octanol–water partition coefficient (Wildman–Crippen LogP) is 1.75.